The number of nitrogens with one attached hydrogen (secondary N) is 2. The summed E-state index contributed by atoms with van der Waals surface area (Å²) in [6.07, 6.45) is 3.33. The van der Waals surface area contributed by atoms with Gasteiger partial charge in [0.05, 0.1) is 0 Å². The Balaban J connectivity index is 2.21. The predicted octanol–water partition coefficient (Wildman–Crippen LogP) is 0.706. The largest absolute Gasteiger partial charge is 0.344 e. The Kier molecular flexibility index (Phi) is 5.08. The van der Waals surface area contributed by atoms with Gasteiger partial charge >= 0.3 is 6.03 Å². The molecule has 1 aliphatic heterocycles. The third-order valence-electron chi connectivity index (χ3n) is 2.78. The Hall–Kier alpha value is -1.26. The molecule has 1 saturated heterocycles. The van der Waals surface area contributed by atoms with Crippen LogP contribution in [0.4, 0.5) is 4.79 Å². The lowest BCUT2D eigenvalue weighted by molar-refractivity contribution is -0.132. The molecule has 0 saturated carbocycles. The fourth-order valence-corrected chi connectivity index (χ4v) is 1.75. The van der Waals surface area contributed by atoms with Crippen molar-refractivity contribution in [3.63, 3.8) is 0 Å². The number of carbonyl (C=O) groups is 2. The molecule has 1 atom stereocenters. The number of urea groups is 1. The van der Waals surface area contributed by atoms with Gasteiger partial charge in [0.1, 0.15) is 0 Å². The van der Waals surface area contributed by atoms with Gasteiger partial charge in [-0.1, -0.05) is 13.3 Å². The van der Waals surface area contributed by atoms with Gasteiger partial charge in [-0.05, 0) is 12.8 Å². The zero-order chi connectivity index (χ0) is 12.0. The third-order valence-corrected chi connectivity index (χ3v) is 2.78. The molecular weight excluding hydrogens is 206 g/mol. The first-order chi connectivity index (χ1) is 7.63. The van der Waals surface area contributed by atoms with Crippen molar-refractivity contribution >= 4 is 11.9 Å². The van der Waals surface area contributed by atoms with E-state index in [1.807, 2.05) is 0 Å². The van der Waals surface area contributed by atoms with Crippen molar-refractivity contribution in [1.82, 2.24) is 15.5 Å². The summed E-state index contributed by atoms with van der Waals surface area (Å²) in [5, 5.41) is 5.69. The highest BCUT2D eigenvalue weighted by atomic mass is 16.2. The predicted molar refractivity (Wildman–Crippen MR) is 62.1 cm³/mol. The highest BCUT2D eigenvalue weighted by Crippen LogP contribution is 2.09. The van der Waals surface area contributed by atoms with Crippen LogP contribution >= 0.6 is 0 Å². The summed E-state index contributed by atoms with van der Waals surface area (Å²) in [4.78, 5) is 24.3. The van der Waals surface area contributed by atoms with E-state index in [0.29, 0.717) is 19.5 Å². The van der Waals surface area contributed by atoms with Crippen LogP contribution in [0.3, 0.4) is 0 Å². The van der Waals surface area contributed by atoms with Gasteiger partial charge in [0.2, 0.25) is 5.91 Å². The Labute approximate surface area is 96.6 Å². The number of piperidine rings is 1. The van der Waals surface area contributed by atoms with Gasteiger partial charge in [-0.2, -0.15) is 0 Å². The molecule has 92 valence electrons. The minimum absolute atomic E-state index is 0.0873. The number of likely N-dealkylation sites (N-methyl/N-ethyl adjacent to an activating group) is 1. The van der Waals surface area contributed by atoms with Crippen molar-refractivity contribution in [2.45, 2.75) is 38.6 Å². The van der Waals surface area contributed by atoms with E-state index < -0.39 is 0 Å². The number of likely N-dealkylation sites (tertiary alicyclic amines) is 1. The second-order valence-corrected chi connectivity index (χ2v) is 4.26. The lowest BCUT2D eigenvalue weighted by atomic mass is 10.1. The first-order valence-corrected chi connectivity index (χ1v) is 5.91. The number of nitrogens with zero attached hydrogens (tertiary/aromatic N) is 1. The number of carbonyl (C=O) groups excluding carboxylic acids is 2. The molecule has 1 heterocycles. The van der Waals surface area contributed by atoms with Gasteiger partial charge in [-0.15, -0.1) is 0 Å². The average Bonchev–Trinajstić information content (AvgIpc) is 2.24. The maximum absolute atomic E-state index is 11.4. The van der Waals surface area contributed by atoms with E-state index in [1.165, 1.54) is 0 Å². The molecule has 1 rings (SSSR count). The number of hydrogen-bond acceptors (Lipinski definition) is 2. The minimum atomic E-state index is -0.124. The fraction of sp³-hybridized carbons (Fsp3) is 0.818. The molecule has 1 fully saturated rings. The number of unbranched alkanes of at least 4 members (excludes halogenated alkanes) is 1. The molecular formula is C11H21N3O2. The topological polar surface area (TPSA) is 61.4 Å². The van der Waals surface area contributed by atoms with E-state index in [0.717, 1.165) is 19.3 Å². The zero-order valence-electron chi connectivity index (χ0n) is 10.1. The van der Waals surface area contributed by atoms with Crippen LogP contribution in [-0.2, 0) is 4.79 Å². The Morgan fingerprint density at radius 3 is 2.94 bits per heavy atom. The fourth-order valence-electron chi connectivity index (χ4n) is 1.75. The first-order valence-electron chi connectivity index (χ1n) is 5.91. The molecule has 0 aromatic heterocycles. The standard InChI is InChI=1S/C11H21N3O2/c1-3-4-7-12-11(16)13-9-5-6-10(15)14(2)8-9/h9H,3-8H2,1-2H3,(H2,12,13,16). The average molecular weight is 227 g/mol. The van der Waals surface area contributed by atoms with E-state index >= 15 is 0 Å². The molecule has 1 aliphatic rings. The van der Waals surface area contributed by atoms with Gasteiger partial charge in [0.25, 0.3) is 0 Å². The molecule has 0 aromatic rings. The summed E-state index contributed by atoms with van der Waals surface area (Å²) < 4.78 is 0. The van der Waals surface area contributed by atoms with Crippen molar-refractivity contribution in [3.8, 4) is 0 Å². The van der Waals surface area contributed by atoms with Crippen LogP contribution in [-0.4, -0.2) is 43.0 Å². The summed E-state index contributed by atoms with van der Waals surface area (Å²) in [7, 11) is 1.77. The zero-order valence-corrected chi connectivity index (χ0v) is 10.1. The Morgan fingerprint density at radius 2 is 2.31 bits per heavy atom. The molecule has 5 nitrogen and oxygen atoms in total. The van der Waals surface area contributed by atoms with Gasteiger partial charge in [-0.25, -0.2) is 4.79 Å². The summed E-state index contributed by atoms with van der Waals surface area (Å²) in [6, 6.07) is -0.0366. The highest BCUT2D eigenvalue weighted by molar-refractivity contribution is 5.78. The molecule has 0 aromatic carbocycles. The third kappa shape index (κ3) is 4.08. The van der Waals surface area contributed by atoms with Crippen molar-refractivity contribution < 1.29 is 9.59 Å². The van der Waals surface area contributed by atoms with Gasteiger partial charge in [-0.3, -0.25) is 4.79 Å². The van der Waals surface area contributed by atoms with E-state index in [-0.39, 0.29) is 18.0 Å². The summed E-state index contributed by atoms with van der Waals surface area (Å²) in [6.45, 7) is 3.41. The smallest absolute Gasteiger partial charge is 0.315 e. The number of amides is 3. The molecule has 2 N–H and O–H groups in total. The van der Waals surface area contributed by atoms with Crippen molar-refractivity contribution in [3.05, 3.63) is 0 Å². The summed E-state index contributed by atoms with van der Waals surface area (Å²) >= 11 is 0. The lowest BCUT2D eigenvalue weighted by Gasteiger charge is -2.30. The molecule has 1 unspecified atom stereocenters. The van der Waals surface area contributed by atoms with Gasteiger partial charge < -0.3 is 15.5 Å². The molecule has 0 aliphatic carbocycles. The van der Waals surface area contributed by atoms with Crippen molar-refractivity contribution in [1.29, 1.82) is 0 Å². The van der Waals surface area contributed by atoms with Crippen molar-refractivity contribution in [2.24, 2.45) is 0 Å². The van der Waals surface area contributed by atoms with Crippen LogP contribution in [0.2, 0.25) is 0 Å². The Morgan fingerprint density at radius 1 is 1.56 bits per heavy atom. The molecule has 0 spiro atoms. The minimum Gasteiger partial charge on any atom is -0.344 e. The first kappa shape index (κ1) is 12.8. The maximum Gasteiger partial charge on any atom is 0.315 e. The molecule has 0 radical (unpaired) electrons. The van der Waals surface area contributed by atoms with Crippen LogP contribution in [0.1, 0.15) is 32.6 Å². The normalized spacial score (nSPS) is 20.8. The molecule has 0 bridgehead atoms. The maximum atomic E-state index is 11.4. The van der Waals surface area contributed by atoms with Crippen molar-refractivity contribution in [2.75, 3.05) is 20.1 Å². The monoisotopic (exact) mass is 227 g/mol. The van der Waals surface area contributed by atoms with E-state index in [9.17, 15) is 9.59 Å². The summed E-state index contributed by atoms with van der Waals surface area (Å²) in [5.74, 6) is 0.157. The number of hydrogen-bond donors (Lipinski definition) is 2. The molecule has 5 heteroatoms. The van der Waals surface area contributed by atoms with Crippen LogP contribution < -0.4 is 10.6 Å². The van der Waals surface area contributed by atoms with Crippen LogP contribution in [0.5, 0.6) is 0 Å². The second kappa shape index (κ2) is 6.35. The SMILES string of the molecule is CCCCNC(=O)NC1CCC(=O)N(C)C1. The molecule has 3 amide bonds. The van der Waals surface area contributed by atoms with E-state index in [4.69, 9.17) is 0 Å². The number of rotatable bonds is 4. The summed E-state index contributed by atoms with van der Waals surface area (Å²) in [5.41, 5.74) is 0. The molecule has 16 heavy (non-hydrogen) atoms. The quantitative estimate of drug-likeness (QED) is 0.695. The second-order valence-electron chi connectivity index (χ2n) is 4.26. The van der Waals surface area contributed by atoms with Crippen LogP contribution in [0, 0.1) is 0 Å². The van der Waals surface area contributed by atoms with E-state index in [1.54, 1.807) is 11.9 Å². The highest BCUT2D eigenvalue weighted by Gasteiger charge is 2.23. The Bertz CT molecular complexity index is 256. The van der Waals surface area contributed by atoms with Gasteiger partial charge in [0, 0.05) is 32.6 Å². The van der Waals surface area contributed by atoms with Gasteiger partial charge in [0.15, 0.2) is 0 Å². The van der Waals surface area contributed by atoms with Crippen LogP contribution in [0.15, 0.2) is 0 Å². The van der Waals surface area contributed by atoms with E-state index in [2.05, 4.69) is 17.6 Å². The lowest BCUT2D eigenvalue weighted by Crippen LogP contribution is -2.51. The van der Waals surface area contributed by atoms with Crippen LogP contribution in [0.25, 0.3) is 0 Å².